The van der Waals surface area contributed by atoms with Crippen molar-refractivity contribution < 1.29 is 19.1 Å². The molecule has 1 heterocycles. The lowest BCUT2D eigenvalue weighted by Crippen LogP contribution is -2.46. The summed E-state index contributed by atoms with van der Waals surface area (Å²) in [6, 6.07) is 8.99. The van der Waals surface area contributed by atoms with E-state index >= 15 is 0 Å². The monoisotopic (exact) mass is 385 g/mol. The van der Waals surface area contributed by atoms with Crippen LogP contribution < -0.4 is 10.6 Å². The molecule has 0 saturated carbocycles. The molecule has 0 fully saturated rings. The Labute approximate surface area is 162 Å². The van der Waals surface area contributed by atoms with Crippen molar-refractivity contribution in [2.75, 3.05) is 0 Å². The van der Waals surface area contributed by atoms with Crippen LogP contribution in [0.3, 0.4) is 0 Å². The van der Waals surface area contributed by atoms with Crippen LogP contribution in [0.2, 0.25) is 0 Å². The molecular weight excluding hydrogens is 362 g/mol. The van der Waals surface area contributed by atoms with Crippen molar-refractivity contribution in [3.8, 4) is 0 Å². The van der Waals surface area contributed by atoms with Gasteiger partial charge in [0.2, 0.25) is 0 Å². The Morgan fingerprint density at radius 2 is 1.89 bits per heavy atom. The first-order valence-corrected chi connectivity index (χ1v) is 8.77. The third-order valence-electron chi connectivity index (χ3n) is 3.45. The van der Waals surface area contributed by atoms with Crippen molar-refractivity contribution in [1.29, 1.82) is 0 Å². The maximum absolute atomic E-state index is 11.8. The smallest absolute Gasteiger partial charge is 0.331 e. The van der Waals surface area contributed by atoms with Gasteiger partial charge in [0.1, 0.15) is 5.69 Å². The highest BCUT2D eigenvalue weighted by Gasteiger charge is 2.19. The van der Waals surface area contributed by atoms with Gasteiger partial charge in [0, 0.05) is 12.1 Å². The number of aromatic nitrogens is 3. The number of amides is 3. The number of hydrogen-bond donors (Lipinski definition) is 2. The molecule has 0 unspecified atom stereocenters. The number of rotatable bonds is 7. The summed E-state index contributed by atoms with van der Waals surface area (Å²) in [4.78, 5) is 35.2. The number of nitrogens with one attached hydrogen (secondary N) is 2. The second kappa shape index (κ2) is 10.0. The Bertz CT molecular complexity index is 845. The fourth-order valence-electron chi connectivity index (χ4n) is 2.17. The summed E-state index contributed by atoms with van der Waals surface area (Å²) in [7, 11) is 0. The zero-order valence-electron chi connectivity index (χ0n) is 16.0. The van der Waals surface area contributed by atoms with E-state index in [4.69, 9.17) is 4.74 Å². The number of ether oxygens (including phenoxy) is 1. The third-order valence-corrected chi connectivity index (χ3v) is 3.45. The number of carbonyl (C=O) groups excluding carboxylic acids is 3. The molecular formula is C19H23N5O4. The largest absolute Gasteiger partial charge is 0.449 e. The second-order valence-electron chi connectivity index (χ2n) is 6.36. The molecule has 0 aliphatic rings. The molecule has 3 amide bonds. The maximum atomic E-state index is 11.8. The Kier molecular flexibility index (Phi) is 7.44. The number of imide groups is 1. The molecule has 9 heteroatoms. The first kappa shape index (κ1) is 20.8. The molecule has 0 bridgehead atoms. The molecule has 0 spiro atoms. The molecule has 0 aliphatic carbocycles. The van der Waals surface area contributed by atoms with E-state index in [0.717, 1.165) is 11.6 Å². The lowest BCUT2D eigenvalue weighted by molar-refractivity contribution is -0.149. The van der Waals surface area contributed by atoms with Crippen LogP contribution in [0.5, 0.6) is 0 Å². The maximum Gasteiger partial charge on any atom is 0.331 e. The molecule has 0 aliphatic heterocycles. The number of esters is 1. The fraction of sp³-hybridized carbons (Fsp3) is 0.316. The fourth-order valence-corrected chi connectivity index (χ4v) is 2.17. The van der Waals surface area contributed by atoms with Crippen LogP contribution in [-0.2, 0) is 20.9 Å². The summed E-state index contributed by atoms with van der Waals surface area (Å²) in [5.41, 5.74) is 1.55. The van der Waals surface area contributed by atoms with Crippen LogP contribution in [0.1, 0.15) is 32.0 Å². The zero-order chi connectivity index (χ0) is 20.5. The van der Waals surface area contributed by atoms with E-state index in [0.29, 0.717) is 12.2 Å². The van der Waals surface area contributed by atoms with Crippen LogP contribution in [0.4, 0.5) is 4.79 Å². The van der Waals surface area contributed by atoms with E-state index < -0.39 is 24.0 Å². The molecule has 0 saturated heterocycles. The molecule has 1 aromatic heterocycles. The quantitative estimate of drug-likeness (QED) is 0.551. The number of carbonyl (C=O) groups is 3. The summed E-state index contributed by atoms with van der Waals surface area (Å²) in [5.74, 6) is -1.45. The van der Waals surface area contributed by atoms with Gasteiger partial charge in [-0.05, 0) is 32.4 Å². The van der Waals surface area contributed by atoms with E-state index in [1.807, 2.05) is 30.3 Å². The van der Waals surface area contributed by atoms with Gasteiger partial charge in [0.25, 0.3) is 5.91 Å². The first-order valence-electron chi connectivity index (χ1n) is 8.77. The molecule has 1 aromatic carbocycles. The van der Waals surface area contributed by atoms with Crippen molar-refractivity contribution in [2.24, 2.45) is 0 Å². The van der Waals surface area contributed by atoms with Gasteiger partial charge in [-0.25, -0.2) is 14.3 Å². The van der Waals surface area contributed by atoms with Crippen molar-refractivity contribution in [3.05, 3.63) is 53.9 Å². The summed E-state index contributed by atoms with van der Waals surface area (Å²) >= 11 is 0. The number of hydrogen-bond acceptors (Lipinski definition) is 6. The molecule has 28 heavy (non-hydrogen) atoms. The van der Waals surface area contributed by atoms with Gasteiger partial charge < -0.3 is 10.1 Å². The molecule has 1 atom stereocenters. The van der Waals surface area contributed by atoms with Crippen LogP contribution in [0.25, 0.3) is 6.08 Å². The van der Waals surface area contributed by atoms with Crippen LogP contribution in [-0.4, -0.2) is 45.0 Å². The first-order chi connectivity index (χ1) is 13.3. The predicted octanol–water partition coefficient (Wildman–Crippen LogP) is 1.51. The van der Waals surface area contributed by atoms with E-state index in [2.05, 4.69) is 20.9 Å². The SMILES string of the molecule is CC(C)NC(=O)NC(=O)[C@H](C)OC(=O)/C=C/c1cn(Cc2ccccc2)nn1. The zero-order valence-corrected chi connectivity index (χ0v) is 16.0. The van der Waals surface area contributed by atoms with Crippen molar-refractivity contribution >= 4 is 24.0 Å². The highest BCUT2D eigenvalue weighted by atomic mass is 16.5. The topological polar surface area (TPSA) is 115 Å². The van der Waals surface area contributed by atoms with Crippen LogP contribution in [0, 0.1) is 0 Å². The molecule has 9 nitrogen and oxygen atoms in total. The molecule has 2 N–H and O–H groups in total. The van der Waals surface area contributed by atoms with E-state index in [-0.39, 0.29) is 6.04 Å². The Morgan fingerprint density at radius 1 is 1.18 bits per heavy atom. The average Bonchev–Trinajstić information content (AvgIpc) is 3.07. The van der Waals surface area contributed by atoms with Gasteiger partial charge in [-0.3, -0.25) is 10.1 Å². The molecule has 2 aromatic rings. The lowest BCUT2D eigenvalue weighted by Gasteiger charge is -2.13. The summed E-state index contributed by atoms with van der Waals surface area (Å²) < 4.78 is 6.61. The van der Waals surface area contributed by atoms with E-state index in [1.54, 1.807) is 24.7 Å². The lowest BCUT2D eigenvalue weighted by atomic mass is 10.2. The van der Waals surface area contributed by atoms with Gasteiger partial charge >= 0.3 is 12.0 Å². The highest BCUT2D eigenvalue weighted by molar-refractivity contribution is 5.98. The summed E-state index contributed by atoms with van der Waals surface area (Å²) in [5, 5.41) is 12.5. The second-order valence-corrected chi connectivity index (χ2v) is 6.36. The Hall–Kier alpha value is -3.49. The number of nitrogens with zero attached hydrogens (tertiary/aromatic N) is 3. The van der Waals surface area contributed by atoms with Crippen molar-refractivity contribution in [2.45, 2.75) is 39.5 Å². The average molecular weight is 385 g/mol. The minimum atomic E-state index is -1.12. The third kappa shape index (κ3) is 7.02. The minimum Gasteiger partial charge on any atom is -0.449 e. The van der Waals surface area contributed by atoms with Gasteiger partial charge in [0.05, 0.1) is 12.7 Å². The van der Waals surface area contributed by atoms with Gasteiger partial charge in [-0.2, -0.15) is 0 Å². The molecule has 2 rings (SSSR count). The van der Waals surface area contributed by atoms with Gasteiger partial charge in [-0.1, -0.05) is 35.5 Å². The van der Waals surface area contributed by atoms with Crippen LogP contribution in [0.15, 0.2) is 42.6 Å². The summed E-state index contributed by atoms with van der Waals surface area (Å²) in [6.45, 7) is 5.45. The number of urea groups is 1. The van der Waals surface area contributed by atoms with E-state index in [9.17, 15) is 14.4 Å². The Balaban J connectivity index is 1.83. The van der Waals surface area contributed by atoms with Crippen LogP contribution >= 0.6 is 0 Å². The standard InChI is InChI=1S/C19H23N5O4/c1-13(2)20-19(27)21-18(26)14(3)28-17(25)10-9-16-12-24(23-22-16)11-15-7-5-4-6-8-15/h4-10,12-14H,11H2,1-3H3,(H2,20,21,26,27)/b10-9+/t14-/m0/s1. The minimum absolute atomic E-state index is 0.121. The normalized spacial score (nSPS) is 12.0. The van der Waals surface area contributed by atoms with Gasteiger partial charge in [0.15, 0.2) is 6.10 Å². The molecule has 0 radical (unpaired) electrons. The van der Waals surface area contributed by atoms with Crippen molar-refractivity contribution in [1.82, 2.24) is 25.6 Å². The molecule has 148 valence electrons. The van der Waals surface area contributed by atoms with Crippen molar-refractivity contribution in [3.63, 3.8) is 0 Å². The summed E-state index contributed by atoms with van der Waals surface area (Å²) in [6.07, 6.45) is 3.15. The predicted molar refractivity (Wildman–Crippen MR) is 102 cm³/mol. The number of benzene rings is 1. The van der Waals surface area contributed by atoms with Gasteiger partial charge in [-0.15, -0.1) is 5.10 Å². The van der Waals surface area contributed by atoms with E-state index in [1.165, 1.54) is 13.0 Å². The Morgan fingerprint density at radius 3 is 2.57 bits per heavy atom. The highest BCUT2D eigenvalue weighted by Crippen LogP contribution is 2.04.